The monoisotopic (exact) mass is 390 g/mol. The van der Waals surface area contributed by atoms with Gasteiger partial charge >= 0.3 is 5.97 Å². The maximum Gasteiger partial charge on any atom is 0.303 e. The minimum Gasteiger partial charge on any atom is -0.491 e. The summed E-state index contributed by atoms with van der Waals surface area (Å²) in [6.45, 7) is 0.111. The van der Waals surface area contributed by atoms with Crippen LogP contribution in [-0.4, -0.2) is 51.3 Å². The number of aliphatic hydroxyl groups excluding tert-OH is 3. The molecule has 5 atom stereocenters. The second-order valence-corrected chi connectivity index (χ2v) is 7.18. The fourth-order valence-electron chi connectivity index (χ4n) is 3.46. The lowest BCUT2D eigenvalue weighted by molar-refractivity contribution is -0.137. The Morgan fingerprint density at radius 2 is 1.93 bits per heavy atom. The van der Waals surface area contributed by atoms with E-state index in [-0.39, 0.29) is 24.9 Å². The third-order valence-corrected chi connectivity index (χ3v) is 4.97. The second-order valence-electron chi connectivity index (χ2n) is 7.18. The van der Waals surface area contributed by atoms with Gasteiger partial charge in [-0.3, -0.25) is 4.79 Å². The second kappa shape index (κ2) is 11.6. The molecule has 6 nitrogen and oxygen atoms in total. The van der Waals surface area contributed by atoms with Crippen molar-refractivity contribution in [1.82, 2.24) is 0 Å². The number of allylic oxidation sites excluding steroid dienone is 2. The maximum absolute atomic E-state index is 10.5. The highest BCUT2D eigenvalue weighted by molar-refractivity contribution is 5.66. The summed E-state index contributed by atoms with van der Waals surface area (Å²) >= 11 is 0. The highest BCUT2D eigenvalue weighted by atomic mass is 16.5. The first-order valence-electron chi connectivity index (χ1n) is 9.74. The predicted octanol–water partition coefficient (Wildman–Crippen LogP) is 2.54. The molecule has 1 saturated carbocycles. The van der Waals surface area contributed by atoms with Crippen molar-refractivity contribution in [2.45, 2.75) is 50.4 Å². The molecule has 1 fully saturated rings. The van der Waals surface area contributed by atoms with Crippen molar-refractivity contribution in [2.24, 2.45) is 11.8 Å². The van der Waals surface area contributed by atoms with Gasteiger partial charge in [-0.05, 0) is 37.3 Å². The van der Waals surface area contributed by atoms with Crippen LogP contribution in [0.25, 0.3) is 0 Å². The van der Waals surface area contributed by atoms with Crippen molar-refractivity contribution < 1.29 is 30.0 Å². The number of carboxylic acids is 1. The van der Waals surface area contributed by atoms with Crippen molar-refractivity contribution in [2.75, 3.05) is 6.61 Å². The van der Waals surface area contributed by atoms with E-state index in [4.69, 9.17) is 9.84 Å². The highest BCUT2D eigenvalue weighted by Crippen LogP contribution is 2.36. The highest BCUT2D eigenvalue weighted by Gasteiger charge is 2.39. The normalized spacial score (nSPS) is 26.1. The van der Waals surface area contributed by atoms with E-state index >= 15 is 0 Å². The molecule has 0 aromatic heterocycles. The van der Waals surface area contributed by atoms with E-state index in [1.54, 1.807) is 12.2 Å². The number of carbonyl (C=O) groups is 1. The van der Waals surface area contributed by atoms with Crippen molar-refractivity contribution >= 4 is 5.97 Å². The van der Waals surface area contributed by atoms with Crippen LogP contribution in [0.3, 0.4) is 0 Å². The van der Waals surface area contributed by atoms with E-state index in [2.05, 4.69) is 0 Å². The van der Waals surface area contributed by atoms with Crippen LogP contribution in [0.15, 0.2) is 54.6 Å². The Labute approximate surface area is 165 Å². The van der Waals surface area contributed by atoms with E-state index in [1.165, 1.54) is 0 Å². The van der Waals surface area contributed by atoms with Gasteiger partial charge in [0.15, 0.2) is 0 Å². The third kappa shape index (κ3) is 7.46. The Morgan fingerprint density at radius 1 is 1.18 bits per heavy atom. The van der Waals surface area contributed by atoms with Crippen LogP contribution >= 0.6 is 0 Å². The van der Waals surface area contributed by atoms with Gasteiger partial charge in [-0.15, -0.1) is 0 Å². The Kier molecular flexibility index (Phi) is 9.20. The first-order valence-corrected chi connectivity index (χ1v) is 9.74. The van der Waals surface area contributed by atoms with Gasteiger partial charge in [0.05, 0.1) is 12.2 Å². The van der Waals surface area contributed by atoms with Gasteiger partial charge in [-0.25, -0.2) is 0 Å². The molecule has 0 heterocycles. The predicted molar refractivity (Wildman–Crippen MR) is 106 cm³/mol. The lowest BCUT2D eigenvalue weighted by Gasteiger charge is -2.19. The molecule has 0 bridgehead atoms. The molecule has 0 amide bonds. The summed E-state index contributed by atoms with van der Waals surface area (Å²) in [6.07, 6.45) is 7.46. The van der Waals surface area contributed by atoms with Crippen LogP contribution in [0.5, 0.6) is 5.75 Å². The molecule has 0 saturated heterocycles. The Hall–Kier alpha value is -2.15. The maximum atomic E-state index is 10.5. The fourth-order valence-corrected chi connectivity index (χ4v) is 3.46. The summed E-state index contributed by atoms with van der Waals surface area (Å²) in [7, 11) is 0. The van der Waals surface area contributed by atoms with E-state index in [9.17, 15) is 20.1 Å². The summed E-state index contributed by atoms with van der Waals surface area (Å²) in [5.41, 5.74) is 0. The molecule has 4 N–H and O–H groups in total. The zero-order chi connectivity index (χ0) is 20.4. The van der Waals surface area contributed by atoms with Gasteiger partial charge in [0.1, 0.15) is 18.5 Å². The van der Waals surface area contributed by atoms with Crippen LogP contribution in [-0.2, 0) is 4.79 Å². The molecule has 0 spiro atoms. The molecule has 6 heteroatoms. The lowest BCUT2D eigenvalue weighted by Crippen LogP contribution is -2.21. The number of hydrogen-bond acceptors (Lipinski definition) is 5. The molecule has 0 radical (unpaired) electrons. The van der Waals surface area contributed by atoms with Crippen molar-refractivity contribution in [3.05, 3.63) is 54.6 Å². The van der Waals surface area contributed by atoms with Gasteiger partial charge in [0.25, 0.3) is 0 Å². The molecule has 1 aromatic rings. The average Bonchev–Trinajstić information content (AvgIpc) is 2.94. The largest absolute Gasteiger partial charge is 0.491 e. The molecule has 1 aromatic carbocycles. The summed E-state index contributed by atoms with van der Waals surface area (Å²) in [6, 6.07) is 9.22. The van der Waals surface area contributed by atoms with Crippen LogP contribution in [0, 0.1) is 11.8 Å². The topological polar surface area (TPSA) is 107 Å². The summed E-state index contributed by atoms with van der Waals surface area (Å²) < 4.78 is 5.51. The Bertz CT molecular complexity index is 642. The number of carboxylic acid groups (broad SMARTS) is 1. The van der Waals surface area contributed by atoms with E-state index in [0.29, 0.717) is 31.4 Å². The SMILES string of the molecule is O=C(O)CCCC=CCC1C(O)CC(O)C1C=CC(O)COc1ccccc1. The number of aliphatic hydroxyl groups is 3. The molecule has 0 aliphatic heterocycles. The molecular formula is C22H30O6. The van der Waals surface area contributed by atoms with Crippen LogP contribution in [0.1, 0.15) is 32.1 Å². The first-order chi connectivity index (χ1) is 13.5. The average molecular weight is 390 g/mol. The number of unbranched alkanes of at least 4 members (excludes halogenated alkanes) is 1. The number of aliphatic carboxylic acids is 1. The number of para-hydroxylation sites is 1. The smallest absolute Gasteiger partial charge is 0.303 e. The molecular weight excluding hydrogens is 360 g/mol. The number of ether oxygens (including phenoxy) is 1. The summed E-state index contributed by atoms with van der Waals surface area (Å²) in [5.74, 6) is -0.505. The summed E-state index contributed by atoms with van der Waals surface area (Å²) in [5, 5.41) is 39.2. The van der Waals surface area contributed by atoms with Crippen molar-refractivity contribution in [3.8, 4) is 5.75 Å². The van der Waals surface area contributed by atoms with E-state index in [1.807, 2.05) is 42.5 Å². The fraction of sp³-hybridized carbons (Fsp3) is 0.500. The van der Waals surface area contributed by atoms with Crippen LogP contribution in [0.4, 0.5) is 0 Å². The zero-order valence-corrected chi connectivity index (χ0v) is 15.9. The van der Waals surface area contributed by atoms with Crippen molar-refractivity contribution in [3.63, 3.8) is 0 Å². The molecule has 2 rings (SSSR count). The number of rotatable bonds is 11. The molecule has 1 aliphatic rings. The van der Waals surface area contributed by atoms with Gasteiger partial charge in [-0.1, -0.05) is 42.5 Å². The quantitative estimate of drug-likeness (QED) is 0.342. The minimum atomic E-state index is -0.808. The van der Waals surface area contributed by atoms with Gasteiger partial charge in [-0.2, -0.15) is 0 Å². The van der Waals surface area contributed by atoms with Crippen LogP contribution in [0.2, 0.25) is 0 Å². The zero-order valence-electron chi connectivity index (χ0n) is 15.9. The van der Waals surface area contributed by atoms with E-state index in [0.717, 1.165) is 0 Å². The molecule has 5 unspecified atom stereocenters. The Morgan fingerprint density at radius 3 is 2.64 bits per heavy atom. The Balaban J connectivity index is 1.82. The van der Waals surface area contributed by atoms with Gasteiger partial charge in [0.2, 0.25) is 0 Å². The molecule has 154 valence electrons. The van der Waals surface area contributed by atoms with Crippen molar-refractivity contribution in [1.29, 1.82) is 0 Å². The lowest BCUT2D eigenvalue weighted by atomic mass is 9.89. The van der Waals surface area contributed by atoms with Crippen LogP contribution < -0.4 is 4.74 Å². The minimum absolute atomic E-state index is 0.111. The molecule has 28 heavy (non-hydrogen) atoms. The first kappa shape index (κ1) is 22.1. The number of hydrogen-bond donors (Lipinski definition) is 4. The van der Waals surface area contributed by atoms with Gasteiger partial charge in [0, 0.05) is 18.8 Å². The van der Waals surface area contributed by atoms with E-state index < -0.39 is 24.3 Å². The molecule has 1 aliphatic carbocycles. The summed E-state index contributed by atoms with van der Waals surface area (Å²) in [4.78, 5) is 10.5. The number of benzene rings is 1. The standard InChI is InChI=1S/C22H30O6/c23-16(15-28-17-8-4-3-5-9-17)12-13-19-18(20(24)14-21(19)25)10-6-1-2-7-11-22(26)27/h1,3-6,8-9,12-13,16,18-21,23-25H,2,7,10-11,14-15H2,(H,26,27). The van der Waals surface area contributed by atoms with Gasteiger partial charge < -0.3 is 25.2 Å². The third-order valence-electron chi connectivity index (χ3n) is 4.97.